The van der Waals surface area contributed by atoms with Gasteiger partial charge in [-0.1, -0.05) is 41.4 Å². The largest absolute Gasteiger partial charge is 0.497 e. The Hall–Kier alpha value is -3.02. The minimum Gasteiger partial charge on any atom is -0.497 e. The second-order valence-corrected chi connectivity index (χ2v) is 8.05. The molecule has 0 bridgehead atoms. The van der Waals surface area contributed by atoms with Crippen molar-refractivity contribution >= 4 is 40.1 Å². The summed E-state index contributed by atoms with van der Waals surface area (Å²) in [5.41, 5.74) is 3.29. The van der Waals surface area contributed by atoms with E-state index < -0.39 is 0 Å². The van der Waals surface area contributed by atoms with Crippen LogP contribution in [0.5, 0.6) is 5.75 Å². The van der Waals surface area contributed by atoms with E-state index in [1.807, 2.05) is 43.3 Å². The lowest BCUT2D eigenvalue weighted by Gasteiger charge is -2.17. The Morgan fingerprint density at radius 1 is 1.10 bits per heavy atom. The van der Waals surface area contributed by atoms with Crippen molar-refractivity contribution in [2.24, 2.45) is 0 Å². The van der Waals surface area contributed by atoms with Crippen LogP contribution in [0.15, 0.2) is 66.7 Å². The average Bonchev–Trinajstić information content (AvgIpc) is 3.14. The first-order chi connectivity index (χ1) is 15.0. The molecule has 1 atom stereocenters. The lowest BCUT2D eigenvalue weighted by Crippen LogP contribution is -2.28. The van der Waals surface area contributed by atoms with E-state index in [1.165, 1.54) is 0 Å². The number of carbonyl (C=O) groups excluding carboxylic acids is 1. The highest BCUT2D eigenvalue weighted by Gasteiger charge is 2.20. The van der Waals surface area contributed by atoms with E-state index in [2.05, 4.69) is 9.88 Å². The van der Waals surface area contributed by atoms with Gasteiger partial charge in [-0.25, -0.2) is 4.98 Å². The van der Waals surface area contributed by atoms with Gasteiger partial charge < -0.3 is 14.6 Å². The lowest BCUT2D eigenvalue weighted by molar-refractivity contribution is 0.0937. The zero-order valence-electron chi connectivity index (χ0n) is 17.1. The summed E-state index contributed by atoms with van der Waals surface area (Å²) in [6.45, 7) is 2.43. The third-order valence-corrected chi connectivity index (χ3v) is 5.70. The summed E-state index contributed by atoms with van der Waals surface area (Å²) in [4.78, 5) is 17.6. The Morgan fingerprint density at radius 3 is 2.55 bits per heavy atom. The highest BCUT2D eigenvalue weighted by Crippen LogP contribution is 2.26. The van der Waals surface area contributed by atoms with Crippen molar-refractivity contribution in [3.8, 4) is 5.75 Å². The summed E-state index contributed by atoms with van der Waals surface area (Å²) in [6.07, 6.45) is 0. The molecule has 1 N–H and O–H groups in total. The van der Waals surface area contributed by atoms with Gasteiger partial charge in [-0.2, -0.15) is 0 Å². The van der Waals surface area contributed by atoms with Gasteiger partial charge in [-0.05, 0) is 61.0 Å². The number of ether oxygens (including phenoxy) is 1. The Kier molecular flexibility index (Phi) is 6.16. The monoisotopic (exact) mass is 453 g/mol. The standard InChI is InChI=1S/C24H21Cl2N3O2/c1-15(27-24(30)16-8-11-19(31-2)12-9-16)23-28-21-5-3-4-6-22(21)29(23)14-17-7-10-18(25)13-20(17)26/h3-13,15H,14H2,1-2H3,(H,27,30). The number of nitrogens with zero attached hydrogens (tertiary/aromatic N) is 2. The van der Waals surface area contributed by atoms with Crippen molar-refractivity contribution in [2.45, 2.75) is 19.5 Å². The lowest BCUT2D eigenvalue weighted by atomic mass is 10.2. The predicted octanol–water partition coefficient (Wildman–Crippen LogP) is 5.89. The van der Waals surface area contributed by atoms with Gasteiger partial charge in [0.25, 0.3) is 5.91 Å². The number of amides is 1. The van der Waals surface area contributed by atoms with Crippen LogP contribution >= 0.6 is 23.2 Å². The molecule has 1 heterocycles. The van der Waals surface area contributed by atoms with Crippen LogP contribution in [0, 0.1) is 0 Å². The SMILES string of the molecule is COc1ccc(C(=O)NC(C)c2nc3ccccc3n2Cc2ccc(Cl)cc2Cl)cc1. The number of fused-ring (bicyclic) bond motifs is 1. The number of rotatable bonds is 6. The average molecular weight is 454 g/mol. The smallest absolute Gasteiger partial charge is 0.251 e. The normalized spacial score (nSPS) is 12.0. The van der Waals surface area contributed by atoms with Gasteiger partial charge in [0.2, 0.25) is 0 Å². The van der Waals surface area contributed by atoms with Crippen molar-refractivity contribution in [2.75, 3.05) is 7.11 Å². The number of imidazole rings is 1. The van der Waals surface area contributed by atoms with E-state index in [-0.39, 0.29) is 11.9 Å². The van der Waals surface area contributed by atoms with Gasteiger partial charge in [0.1, 0.15) is 11.6 Å². The maximum atomic E-state index is 12.8. The van der Waals surface area contributed by atoms with Crippen LogP contribution in [-0.4, -0.2) is 22.6 Å². The summed E-state index contributed by atoms with van der Waals surface area (Å²) >= 11 is 12.5. The van der Waals surface area contributed by atoms with Gasteiger partial charge >= 0.3 is 0 Å². The number of aromatic nitrogens is 2. The number of methoxy groups -OCH3 is 1. The number of carbonyl (C=O) groups is 1. The van der Waals surface area contributed by atoms with Crippen molar-refractivity contribution in [1.82, 2.24) is 14.9 Å². The quantitative estimate of drug-likeness (QED) is 0.395. The van der Waals surface area contributed by atoms with Gasteiger partial charge in [-0.3, -0.25) is 4.79 Å². The van der Waals surface area contributed by atoms with Crippen LogP contribution in [0.25, 0.3) is 11.0 Å². The molecule has 0 aliphatic rings. The van der Waals surface area contributed by atoms with E-state index in [0.29, 0.717) is 27.9 Å². The summed E-state index contributed by atoms with van der Waals surface area (Å²) in [5.74, 6) is 1.26. The van der Waals surface area contributed by atoms with Crippen molar-refractivity contribution < 1.29 is 9.53 Å². The molecule has 158 valence electrons. The molecule has 1 unspecified atom stereocenters. The van der Waals surface area contributed by atoms with E-state index in [0.717, 1.165) is 22.4 Å². The molecule has 3 aromatic carbocycles. The molecular formula is C24H21Cl2N3O2. The minimum atomic E-state index is -0.326. The molecule has 0 saturated carbocycles. The number of para-hydroxylation sites is 2. The highest BCUT2D eigenvalue weighted by molar-refractivity contribution is 6.35. The van der Waals surface area contributed by atoms with Crippen LogP contribution < -0.4 is 10.1 Å². The fraction of sp³-hybridized carbons (Fsp3) is 0.167. The molecule has 0 aliphatic carbocycles. The van der Waals surface area contributed by atoms with Crippen LogP contribution in [0.2, 0.25) is 10.0 Å². The van der Waals surface area contributed by atoms with Gasteiger partial charge in [0.05, 0.1) is 30.7 Å². The summed E-state index contributed by atoms with van der Waals surface area (Å²) in [7, 11) is 1.59. The van der Waals surface area contributed by atoms with E-state index in [1.54, 1.807) is 37.4 Å². The van der Waals surface area contributed by atoms with Crippen molar-refractivity contribution in [1.29, 1.82) is 0 Å². The van der Waals surface area contributed by atoms with E-state index >= 15 is 0 Å². The molecular weight excluding hydrogens is 433 g/mol. The summed E-state index contributed by atoms with van der Waals surface area (Å²) in [5, 5.41) is 4.22. The Labute approximate surface area is 190 Å². The second-order valence-electron chi connectivity index (χ2n) is 7.20. The Bertz CT molecular complexity index is 1240. The molecule has 0 fully saturated rings. The molecule has 31 heavy (non-hydrogen) atoms. The fourth-order valence-electron chi connectivity index (χ4n) is 3.50. The fourth-order valence-corrected chi connectivity index (χ4v) is 3.97. The number of nitrogens with one attached hydrogen (secondary N) is 1. The van der Waals surface area contributed by atoms with Crippen LogP contribution in [0.3, 0.4) is 0 Å². The molecule has 1 aromatic heterocycles. The molecule has 0 saturated heterocycles. The zero-order chi connectivity index (χ0) is 22.0. The number of halogens is 2. The maximum Gasteiger partial charge on any atom is 0.251 e. The Balaban J connectivity index is 1.65. The van der Waals surface area contributed by atoms with Gasteiger partial charge in [0.15, 0.2) is 0 Å². The zero-order valence-corrected chi connectivity index (χ0v) is 18.6. The van der Waals surface area contributed by atoms with Gasteiger partial charge in [0, 0.05) is 15.6 Å². The van der Waals surface area contributed by atoms with Crippen LogP contribution in [0.4, 0.5) is 0 Å². The first-order valence-corrected chi connectivity index (χ1v) is 10.6. The highest BCUT2D eigenvalue weighted by atomic mass is 35.5. The van der Waals surface area contributed by atoms with E-state index in [4.69, 9.17) is 32.9 Å². The maximum absolute atomic E-state index is 12.8. The topological polar surface area (TPSA) is 56.1 Å². The summed E-state index contributed by atoms with van der Waals surface area (Å²) < 4.78 is 7.23. The third kappa shape index (κ3) is 4.53. The van der Waals surface area contributed by atoms with Crippen LogP contribution in [-0.2, 0) is 6.54 Å². The van der Waals surface area contributed by atoms with Crippen molar-refractivity contribution in [3.63, 3.8) is 0 Å². The third-order valence-electron chi connectivity index (χ3n) is 5.11. The Morgan fingerprint density at radius 2 is 1.84 bits per heavy atom. The second kappa shape index (κ2) is 9.00. The first kappa shape index (κ1) is 21.2. The molecule has 4 rings (SSSR count). The van der Waals surface area contributed by atoms with E-state index in [9.17, 15) is 4.79 Å². The predicted molar refractivity (Wildman–Crippen MR) is 124 cm³/mol. The molecule has 7 heteroatoms. The van der Waals surface area contributed by atoms with Crippen molar-refractivity contribution in [3.05, 3.63) is 93.7 Å². The molecule has 4 aromatic rings. The minimum absolute atomic E-state index is 0.182. The molecule has 0 radical (unpaired) electrons. The molecule has 0 spiro atoms. The number of hydrogen-bond acceptors (Lipinski definition) is 3. The number of benzene rings is 3. The first-order valence-electron chi connectivity index (χ1n) is 9.80. The number of hydrogen-bond donors (Lipinski definition) is 1. The molecule has 1 amide bonds. The van der Waals surface area contributed by atoms with Crippen LogP contribution in [0.1, 0.15) is 34.7 Å². The van der Waals surface area contributed by atoms with Gasteiger partial charge in [-0.15, -0.1) is 0 Å². The molecule has 0 aliphatic heterocycles. The summed E-state index contributed by atoms with van der Waals surface area (Å²) in [6, 6.07) is 20.0. The molecule has 5 nitrogen and oxygen atoms in total.